The SMILES string of the molecule is Cl.N#Cc1ccnc(S(=O)C2CCCNC2)c1. The number of pyridine rings is 1. The van der Waals surface area contributed by atoms with Crippen molar-refractivity contribution in [2.45, 2.75) is 23.1 Å². The van der Waals surface area contributed by atoms with Crippen LogP contribution in [0.5, 0.6) is 0 Å². The lowest BCUT2D eigenvalue weighted by molar-refractivity contribution is 0.519. The molecule has 1 fully saturated rings. The Morgan fingerprint density at radius 2 is 2.41 bits per heavy atom. The average Bonchev–Trinajstić information content (AvgIpc) is 2.39. The smallest absolute Gasteiger partial charge is 0.128 e. The Morgan fingerprint density at radius 1 is 1.59 bits per heavy atom. The van der Waals surface area contributed by atoms with Gasteiger partial charge in [-0.15, -0.1) is 12.4 Å². The molecule has 1 aromatic rings. The lowest BCUT2D eigenvalue weighted by atomic mass is 10.2. The van der Waals surface area contributed by atoms with Crippen molar-refractivity contribution in [1.29, 1.82) is 5.26 Å². The molecule has 0 aliphatic carbocycles. The molecule has 2 heterocycles. The lowest BCUT2D eigenvalue weighted by Gasteiger charge is -2.21. The number of aromatic nitrogens is 1. The van der Waals surface area contributed by atoms with Gasteiger partial charge in [-0.2, -0.15) is 5.26 Å². The molecule has 0 aromatic carbocycles. The van der Waals surface area contributed by atoms with E-state index in [0.717, 1.165) is 25.9 Å². The molecular weight excluding hydrogens is 258 g/mol. The Kier molecular flexibility index (Phi) is 5.56. The van der Waals surface area contributed by atoms with Crippen molar-refractivity contribution in [3.05, 3.63) is 23.9 Å². The van der Waals surface area contributed by atoms with Crippen LogP contribution in [0.3, 0.4) is 0 Å². The molecule has 1 saturated heterocycles. The number of rotatable bonds is 2. The summed E-state index contributed by atoms with van der Waals surface area (Å²) in [5.74, 6) is 0. The molecule has 0 radical (unpaired) electrons. The van der Waals surface area contributed by atoms with E-state index < -0.39 is 10.8 Å². The van der Waals surface area contributed by atoms with Crippen LogP contribution in [0.2, 0.25) is 0 Å². The van der Waals surface area contributed by atoms with E-state index in [-0.39, 0.29) is 17.7 Å². The van der Waals surface area contributed by atoms with Crippen LogP contribution < -0.4 is 5.32 Å². The number of nitriles is 1. The van der Waals surface area contributed by atoms with E-state index >= 15 is 0 Å². The van der Waals surface area contributed by atoms with Crippen molar-refractivity contribution in [3.63, 3.8) is 0 Å². The molecule has 0 saturated carbocycles. The van der Waals surface area contributed by atoms with Gasteiger partial charge in [0.15, 0.2) is 0 Å². The Bertz CT molecular complexity index is 441. The summed E-state index contributed by atoms with van der Waals surface area (Å²) in [5.41, 5.74) is 0.516. The van der Waals surface area contributed by atoms with E-state index in [9.17, 15) is 4.21 Å². The molecule has 2 unspecified atom stereocenters. The second-order valence-corrected chi connectivity index (χ2v) is 5.44. The molecule has 2 rings (SSSR count). The standard InChI is InChI=1S/C11H13N3OS.ClH/c12-7-9-3-5-14-11(6-9)16(15)10-2-1-4-13-8-10;/h3,5-6,10,13H,1-2,4,8H2;1H. The largest absolute Gasteiger partial charge is 0.316 e. The molecule has 17 heavy (non-hydrogen) atoms. The zero-order valence-electron chi connectivity index (χ0n) is 9.26. The number of hydrogen-bond donors (Lipinski definition) is 1. The molecule has 1 aliphatic rings. The Labute approximate surface area is 109 Å². The van der Waals surface area contributed by atoms with E-state index in [0.29, 0.717) is 10.6 Å². The van der Waals surface area contributed by atoms with Crippen LogP contribution in [0.25, 0.3) is 0 Å². The minimum absolute atomic E-state index is 0. The van der Waals surface area contributed by atoms with Gasteiger partial charge in [0.25, 0.3) is 0 Å². The lowest BCUT2D eigenvalue weighted by Crippen LogP contribution is -2.36. The molecular formula is C11H14ClN3OS. The third-order valence-corrected chi connectivity index (χ3v) is 4.27. The van der Waals surface area contributed by atoms with Crippen molar-refractivity contribution in [2.24, 2.45) is 0 Å². The number of halogens is 1. The first kappa shape index (κ1) is 14.1. The molecule has 1 aliphatic heterocycles. The van der Waals surface area contributed by atoms with Gasteiger partial charge in [-0.25, -0.2) is 4.98 Å². The molecule has 0 spiro atoms. The van der Waals surface area contributed by atoms with Gasteiger partial charge in [0.1, 0.15) is 5.03 Å². The van der Waals surface area contributed by atoms with Gasteiger partial charge in [0.05, 0.1) is 27.7 Å². The highest BCUT2D eigenvalue weighted by molar-refractivity contribution is 7.85. The van der Waals surface area contributed by atoms with Gasteiger partial charge in [0, 0.05) is 12.7 Å². The molecule has 1 N–H and O–H groups in total. The van der Waals surface area contributed by atoms with Crippen molar-refractivity contribution in [1.82, 2.24) is 10.3 Å². The summed E-state index contributed by atoms with van der Waals surface area (Å²) in [4.78, 5) is 4.08. The van der Waals surface area contributed by atoms with Crippen LogP contribution in [0.1, 0.15) is 18.4 Å². The zero-order valence-corrected chi connectivity index (χ0v) is 10.9. The molecule has 92 valence electrons. The highest BCUT2D eigenvalue weighted by Crippen LogP contribution is 2.15. The van der Waals surface area contributed by atoms with Crippen LogP contribution >= 0.6 is 12.4 Å². The summed E-state index contributed by atoms with van der Waals surface area (Å²) in [5, 5.41) is 12.6. The minimum atomic E-state index is -1.11. The zero-order chi connectivity index (χ0) is 11.4. The van der Waals surface area contributed by atoms with Crippen molar-refractivity contribution in [2.75, 3.05) is 13.1 Å². The van der Waals surface area contributed by atoms with Crippen LogP contribution in [-0.4, -0.2) is 27.5 Å². The summed E-state index contributed by atoms with van der Waals surface area (Å²) in [7, 11) is -1.11. The summed E-state index contributed by atoms with van der Waals surface area (Å²) in [6.07, 6.45) is 3.55. The summed E-state index contributed by atoms with van der Waals surface area (Å²) >= 11 is 0. The third kappa shape index (κ3) is 3.50. The molecule has 2 atom stereocenters. The minimum Gasteiger partial charge on any atom is -0.316 e. The highest BCUT2D eigenvalue weighted by Gasteiger charge is 2.21. The van der Waals surface area contributed by atoms with E-state index in [1.54, 1.807) is 18.3 Å². The fourth-order valence-corrected chi connectivity index (χ4v) is 3.16. The number of piperidine rings is 1. The predicted octanol–water partition coefficient (Wildman–Crippen LogP) is 1.23. The molecule has 1 aromatic heterocycles. The van der Waals surface area contributed by atoms with Crippen LogP contribution in [0.15, 0.2) is 23.4 Å². The monoisotopic (exact) mass is 271 g/mol. The predicted molar refractivity (Wildman–Crippen MR) is 68.5 cm³/mol. The van der Waals surface area contributed by atoms with Gasteiger partial charge in [-0.3, -0.25) is 4.21 Å². The fourth-order valence-electron chi connectivity index (χ4n) is 1.76. The second-order valence-electron chi connectivity index (χ2n) is 3.76. The van der Waals surface area contributed by atoms with Crippen LogP contribution in [-0.2, 0) is 10.8 Å². The molecule has 0 amide bonds. The van der Waals surface area contributed by atoms with Gasteiger partial charge in [-0.1, -0.05) is 0 Å². The Balaban J connectivity index is 0.00000144. The quantitative estimate of drug-likeness (QED) is 0.879. The number of hydrogen-bond acceptors (Lipinski definition) is 4. The molecule has 4 nitrogen and oxygen atoms in total. The van der Waals surface area contributed by atoms with Crippen molar-refractivity contribution >= 4 is 23.2 Å². The van der Waals surface area contributed by atoms with Gasteiger partial charge in [0.2, 0.25) is 0 Å². The van der Waals surface area contributed by atoms with Gasteiger partial charge >= 0.3 is 0 Å². The van der Waals surface area contributed by atoms with Crippen LogP contribution in [0, 0.1) is 11.3 Å². The van der Waals surface area contributed by atoms with E-state index in [4.69, 9.17) is 5.26 Å². The molecule has 0 bridgehead atoms. The maximum atomic E-state index is 12.2. The first-order valence-corrected chi connectivity index (χ1v) is 6.50. The third-order valence-electron chi connectivity index (χ3n) is 2.62. The van der Waals surface area contributed by atoms with E-state index in [2.05, 4.69) is 10.3 Å². The first-order chi connectivity index (χ1) is 7.81. The highest BCUT2D eigenvalue weighted by atomic mass is 35.5. The van der Waals surface area contributed by atoms with Crippen LogP contribution in [0.4, 0.5) is 0 Å². The Morgan fingerprint density at radius 3 is 3.06 bits per heavy atom. The number of nitrogens with one attached hydrogen (secondary N) is 1. The van der Waals surface area contributed by atoms with Gasteiger partial charge in [-0.05, 0) is 31.5 Å². The first-order valence-electron chi connectivity index (χ1n) is 5.28. The second kappa shape index (κ2) is 6.70. The van der Waals surface area contributed by atoms with E-state index in [1.165, 1.54) is 0 Å². The summed E-state index contributed by atoms with van der Waals surface area (Å²) < 4.78 is 12.2. The topological polar surface area (TPSA) is 65.8 Å². The average molecular weight is 272 g/mol. The van der Waals surface area contributed by atoms with E-state index in [1.807, 2.05) is 6.07 Å². The van der Waals surface area contributed by atoms with Crippen molar-refractivity contribution in [3.8, 4) is 6.07 Å². The normalized spacial score (nSPS) is 21.0. The maximum absolute atomic E-state index is 12.2. The Hall–Kier alpha value is -0.960. The summed E-state index contributed by atoms with van der Waals surface area (Å²) in [6.45, 7) is 1.77. The van der Waals surface area contributed by atoms with Crippen molar-refractivity contribution < 1.29 is 4.21 Å². The maximum Gasteiger partial charge on any atom is 0.128 e. The summed E-state index contributed by atoms with van der Waals surface area (Å²) in [6, 6.07) is 5.28. The molecule has 6 heteroatoms. The fraction of sp³-hybridized carbons (Fsp3) is 0.455. The van der Waals surface area contributed by atoms with Gasteiger partial charge < -0.3 is 5.32 Å². The number of nitrogens with zero attached hydrogens (tertiary/aromatic N) is 2.